The van der Waals surface area contributed by atoms with Gasteiger partial charge in [-0.05, 0) is 56.4 Å². The van der Waals surface area contributed by atoms with E-state index in [1.165, 1.54) is 5.69 Å². The van der Waals surface area contributed by atoms with Crippen LogP contribution in [0.5, 0.6) is 0 Å². The Morgan fingerprint density at radius 3 is 2.62 bits per heavy atom. The van der Waals surface area contributed by atoms with E-state index in [2.05, 4.69) is 61.9 Å². The number of piperazine rings is 1. The molecule has 2 fully saturated rings. The first kappa shape index (κ1) is 26.9. The number of aryl methyl sites for hydroxylation is 1. The van der Waals surface area contributed by atoms with E-state index in [4.69, 9.17) is 0 Å². The van der Waals surface area contributed by atoms with Crippen LogP contribution in [0.3, 0.4) is 0 Å². The van der Waals surface area contributed by atoms with Crippen molar-refractivity contribution in [1.82, 2.24) is 25.1 Å². The molecule has 4 atom stereocenters. The Labute approximate surface area is 206 Å². The average molecular weight is 474 g/mol. The predicted molar refractivity (Wildman–Crippen MR) is 137 cm³/mol. The van der Waals surface area contributed by atoms with Gasteiger partial charge in [0.2, 0.25) is 5.91 Å². The molecule has 2 saturated heterocycles. The SMILES string of the molecule is CCCc1cnc(CC2CCNC(C(=O)[C@H](CC(C)C)N3CCN[C@@H](CC(C)C)C3=O)C2)n1C. The molecule has 2 aliphatic heterocycles. The fourth-order valence-corrected chi connectivity index (χ4v) is 5.62. The molecule has 1 aromatic heterocycles. The van der Waals surface area contributed by atoms with Gasteiger partial charge in [-0.1, -0.05) is 41.0 Å². The number of nitrogens with one attached hydrogen (secondary N) is 2. The molecule has 0 aliphatic carbocycles. The molecule has 3 heterocycles. The second-order valence-electron chi connectivity index (χ2n) is 11.3. The van der Waals surface area contributed by atoms with Gasteiger partial charge in [-0.15, -0.1) is 0 Å². The van der Waals surface area contributed by atoms with E-state index < -0.39 is 0 Å². The molecule has 0 bridgehead atoms. The normalized spacial score (nSPS) is 24.8. The second kappa shape index (κ2) is 12.3. The van der Waals surface area contributed by atoms with Gasteiger partial charge in [0.15, 0.2) is 5.78 Å². The third kappa shape index (κ3) is 6.69. The number of amides is 1. The second-order valence-corrected chi connectivity index (χ2v) is 11.3. The highest BCUT2D eigenvalue weighted by atomic mass is 16.2. The van der Waals surface area contributed by atoms with Crippen LogP contribution >= 0.6 is 0 Å². The van der Waals surface area contributed by atoms with Gasteiger partial charge in [0.1, 0.15) is 5.82 Å². The van der Waals surface area contributed by atoms with Crippen LogP contribution in [0.4, 0.5) is 0 Å². The Morgan fingerprint density at radius 1 is 1.18 bits per heavy atom. The fraction of sp³-hybridized carbons (Fsp3) is 0.815. The molecule has 1 amide bonds. The first-order valence-electron chi connectivity index (χ1n) is 13.5. The van der Waals surface area contributed by atoms with Crippen LogP contribution in [0.15, 0.2) is 6.20 Å². The maximum atomic E-state index is 13.9. The molecular weight excluding hydrogens is 426 g/mol. The summed E-state index contributed by atoms with van der Waals surface area (Å²) in [5.41, 5.74) is 1.28. The summed E-state index contributed by atoms with van der Waals surface area (Å²) >= 11 is 0. The number of carbonyl (C=O) groups excluding carboxylic acids is 2. The van der Waals surface area contributed by atoms with Crippen LogP contribution in [-0.4, -0.2) is 63.9 Å². The number of hydrogen-bond donors (Lipinski definition) is 2. The van der Waals surface area contributed by atoms with Gasteiger partial charge < -0.3 is 20.1 Å². The highest BCUT2D eigenvalue weighted by molar-refractivity contribution is 5.94. The maximum absolute atomic E-state index is 13.9. The zero-order valence-corrected chi connectivity index (χ0v) is 22.3. The molecule has 2 N–H and O–H groups in total. The van der Waals surface area contributed by atoms with E-state index in [-0.39, 0.29) is 29.8 Å². The summed E-state index contributed by atoms with van der Waals surface area (Å²) in [4.78, 5) is 33.8. The molecule has 192 valence electrons. The summed E-state index contributed by atoms with van der Waals surface area (Å²) in [5, 5.41) is 6.88. The third-order valence-electron chi connectivity index (χ3n) is 7.44. The van der Waals surface area contributed by atoms with Crippen LogP contribution in [0.1, 0.15) is 78.2 Å². The highest BCUT2D eigenvalue weighted by Gasteiger charge is 2.40. The molecular formula is C27H47N5O2. The van der Waals surface area contributed by atoms with Crippen molar-refractivity contribution in [3.63, 3.8) is 0 Å². The molecule has 2 unspecified atom stereocenters. The lowest BCUT2D eigenvalue weighted by atomic mass is 9.84. The van der Waals surface area contributed by atoms with Gasteiger partial charge >= 0.3 is 0 Å². The number of imidazole rings is 1. The van der Waals surface area contributed by atoms with Gasteiger partial charge in [0.25, 0.3) is 0 Å². The van der Waals surface area contributed by atoms with E-state index in [0.29, 0.717) is 24.3 Å². The number of nitrogens with zero attached hydrogens (tertiary/aromatic N) is 3. The van der Waals surface area contributed by atoms with Gasteiger partial charge in [-0.3, -0.25) is 9.59 Å². The van der Waals surface area contributed by atoms with Crippen molar-refractivity contribution in [2.24, 2.45) is 24.8 Å². The summed E-state index contributed by atoms with van der Waals surface area (Å²) in [7, 11) is 2.11. The Balaban J connectivity index is 1.70. The minimum Gasteiger partial charge on any atom is -0.335 e. The standard InChI is InChI=1S/C27H47N5O2/c1-7-8-21-17-30-25(31(21)6)16-20-9-10-28-22(15-20)26(33)24(14-19(4)5)32-12-11-29-23(27(32)34)13-18(2)3/h17-20,22-24,28-29H,7-16H2,1-6H3/t20?,22?,23-,24-/m0/s1. The van der Waals surface area contributed by atoms with Crippen molar-refractivity contribution in [2.45, 2.75) is 97.7 Å². The number of carbonyl (C=O) groups is 2. The fourth-order valence-electron chi connectivity index (χ4n) is 5.62. The summed E-state index contributed by atoms with van der Waals surface area (Å²) in [5.74, 6) is 2.63. The van der Waals surface area contributed by atoms with E-state index in [1.807, 2.05) is 11.1 Å². The lowest BCUT2D eigenvalue weighted by Gasteiger charge is -2.41. The van der Waals surface area contributed by atoms with Crippen LogP contribution < -0.4 is 10.6 Å². The minimum absolute atomic E-state index is 0.0998. The molecule has 1 aromatic rings. The van der Waals surface area contributed by atoms with Crippen molar-refractivity contribution >= 4 is 11.7 Å². The quantitative estimate of drug-likeness (QED) is 0.516. The number of aromatic nitrogens is 2. The lowest BCUT2D eigenvalue weighted by Crippen LogP contribution is -2.62. The van der Waals surface area contributed by atoms with Gasteiger partial charge in [0, 0.05) is 38.4 Å². The molecule has 34 heavy (non-hydrogen) atoms. The monoisotopic (exact) mass is 473 g/mol. The Morgan fingerprint density at radius 2 is 1.94 bits per heavy atom. The van der Waals surface area contributed by atoms with Crippen LogP contribution in [-0.2, 0) is 29.5 Å². The first-order chi connectivity index (χ1) is 16.2. The van der Waals surface area contributed by atoms with E-state index >= 15 is 0 Å². The molecule has 0 radical (unpaired) electrons. The zero-order chi connectivity index (χ0) is 24.8. The van der Waals surface area contributed by atoms with Crippen LogP contribution in [0.2, 0.25) is 0 Å². The first-order valence-corrected chi connectivity index (χ1v) is 13.5. The molecule has 0 spiro atoms. The van der Waals surface area contributed by atoms with Gasteiger partial charge in [-0.25, -0.2) is 4.98 Å². The van der Waals surface area contributed by atoms with Gasteiger partial charge in [0.05, 0.1) is 18.1 Å². The molecule has 7 nitrogen and oxygen atoms in total. The van der Waals surface area contributed by atoms with Crippen molar-refractivity contribution in [3.05, 3.63) is 17.7 Å². The van der Waals surface area contributed by atoms with Crippen LogP contribution in [0.25, 0.3) is 0 Å². The number of piperidine rings is 1. The summed E-state index contributed by atoms with van der Waals surface area (Å²) in [6, 6.07) is -0.710. The number of rotatable bonds is 11. The van der Waals surface area contributed by atoms with E-state index in [9.17, 15) is 9.59 Å². The van der Waals surface area contributed by atoms with E-state index in [0.717, 1.165) is 63.9 Å². The Hall–Kier alpha value is -1.73. The number of ketones is 1. The maximum Gasteiger partial charge on any atom is 0.240 e. The zero-order valence-electron chi connectivity index (χ0n) is 22.3. The summed E-state index contributed by atoms with van der Waals surface area (Å²) in [6.07, 6.45) is 8.48. The third-order valence-corrected chi connectivity index (χ3v) is 7.44. The number of hydrogen-bond acceptors (Lipinski definition) is 5. The lowest BCUT2D eigenvalue weighted by molar-refractivity contribution is -0.145. The highest BCUT2D eigenvalue weighted by Crippen LogP contribution is 2.26. The Bertz CT molecular complexity index is 818. The molecule has 0 aromatic carbocycles. The van der Waals surface area contributed by atoms with Crippen molar-refractivity contribution in [2.75, 3.05) is 19.6 Å². The van der Waals surface area contributed by atoms with E-state index in [1.54, 1.807) is 0 Å². The average Bonchev–Trinajstić information content (AvgIpc) is 3.12. The van der Waals surface area contributed by atoms with Crippen molar-refractivity contribution < 1.29 is 9.59 Å². The van der Waals surface area contributed by atoms with Crippen molar-refractivity contribution in [1.29, 1.82) is 0 Å². The van der Waals surface area contributed by atoms with Gasteiger partial charge in [-0.2, -0.15) is 0 Å². The smallest absolute Gasteiger partial charge is 0.240 e. The van der Waals surface area contributed by atoms with Crippen LogP contribution in [0, 0.1) is 17.8 Å². The molecule has 2 aliphatic rings. The molecule has 7 heteroatoms. The van der Waals surface area contributed by atoms with Crippen molar-refractivity contribution in [3.8, 4) is 0 Å². The molecule has 3 rings (SSSR count). The molecule has 0 saturated carbocycles. The Kier molecular flexibility index (Phi) is 9.72. The number of Topliss-reactive ketones (excluding diaryl/α,β-unsaturated/α-hetero) is 1. The summed E-state index contributed by atoms with van der Waals surface area (Å²) in [6.45, 7) is 13.0. The topological polar surface area (TPSA) is 79.3 Å². The predicted octanol–water partition coefficient (Wildman–Crippen LogP) is 3.11. The minimum atomic E-state index is -0.343. The summed E-state index contributed by atoms with van der Waals surface area (Å²) < 4.78 is 2.23. The largest absolute Gasteiger partial charge is 0.335 e.